The Balaban J connectivity index is -0.000000496. The highest BCUT2D eigenvalue weighted by atomic mass is 32.1. The number of carboxylic acid groups (broad SMARTS) is 3. The third-order valence-electron chi connectivity index (χ3n) is 4.18. The first-order valence-electron chi connectivity index (χ1n) is 11.0. The van der Waals surface area contributed by atoms with E-state index in [1.807, 2.05) is 0 Å². The van der Waals surface area contributed by atoms with E-state index in [9.17, 15) is 14.4 Å². The van der Waals surface area contributed by atoms with Crippen LogP contribution in [0.3, 0.4) is 0 Å². The highest BCUT2D eigenvalue weighted by Gasteiger charge is 2.06. The van der Waals surface area contributed by atoms with Crippen LogP contribution in [-0.2, 0) is 14.4 Å². The highest BCUT2D eigenvalue weighted by Crippen LogP contribution is 2.12. The van der Waals surface area contributed by atoms with Gasteiger partial charge in [-0.1, -0.05) is 84.0 Å². The third-order valence-corrected chi connectivity index (χ3v) is 4.58. The van der Waals surface area contributed by atoms with Crippen molar-refractivity contribution in [3.8, 4) is 0 Å². The smallest absolute Gasteiger partial charge is 0.321 e. The van der Waals surface area contributed by atoms with Gasteiger partial charge in [-0.05, 0) is 6.42 Å². The first-order chi connectivity index (χ1) is 14.2. The van der Waals surface area contributed by atoms with E-state index in [1.165, 1.54) is 70.6 Å². The van der Waals surface area contributed by atoms with Gasteiger partial charge in [-0.15, -0.1) is 0 Å². The zero-order chi connectivity index (χ0) is 23.6. The number of hydrogen-bond acceptors (Lipinski definition) is 6. The number of hydrogen-bond donors (Lipinski definition) is 6. The van der Waals surface area contributed by atoms with E-state index in [-0.39, 0.29) is 12.3 Å². The lowest BCUT2D eigenvalue weighted by molar-refractivity contribution is -0.138. The van der Waals surface area contributed by atoms with Crippen molar-refractivity contribution in [2.45, 2.75) is 103 Å². The van der Waals surface area contributed by atoms with E-state index >= 15 is 0 Å². The Morgan fingerprint density at radius 1 is 0.733 bits per heavy atom. The lowest BCUT2D eigenvalue weighted by atomic mass is 10.0. The maximum absolute atomic E-state index is 10.3. The second-order valence-electron chi connectivity index (χ2n) is 7.11. The molecular formula is C21H44N2O6S. The second kappa shape index (κ2) is 27.7. The first-order valence-corrected chi connectivity index (χ1v) is 11.6. The van der Waals surface area contributed by atoms with Gasteiger partial charge in [0.25, 0.3) is 0 Å². The van der Waals surface area contributed by atoms with Crippen molar-refractivity contribution in [2.75, 3.05) is 12.3 Å². The van der Waals surface area contributed by atoms with E-state index in [0.717, 1.165) is 12.8 Å². The molecule has 30 heavy (non-hydrogen) atoms. The molecule has 0 rings (SSSR count). The van der Waals surface area contributed by atoms with Gasteiger partial charge in [0.05, 0.1) is 6.54 Å². The fourth-order valence-electron chi connectivity index (χ4n) is 2.37. The van der Waals surface area contributed by atoms with Crippen molar-refractivity contribution < 1.29 is 29.7 Å². The number of carbonyl (C=O) groups is 3. The van der Waals surface area contributed by atoms with Gasteiger partial charge in [0, 0.05) is 12.2 Å². The summed E-state index contributed by atoms with van der Waals surface area (Å²) >= 11 is 3.65. The molecule has 0 aromatic carbocycles. The fourth-order valence-corrected chi connectivity index (χ4v) is 2.53. The Morgan fingerprint density at radius 2 is 1.07 bits per heavy atom. The monoisotopic (exact) mass is 452 g/mol. The normalized spacial score (nSPS) is 10.8. The van der Waals surface area contributed by atoms with Crippen LogP contribution in [0.15, 0.2) is 0 Å². The summed E-state index contributed by atoms with van der Waals surface area (Å²) in [5, 5.41) is 24.1. The number of aliphatic carboxylic acids is 3. The molecule has 8 nitrogen and oxygen atoms in total. The van der Waals surface area contributed by atoms with Crippen molar-refractivity contribution in [1.82, 2.24) is 0 Å². The predicted molar refractivity (Wildman–Crippen MR) is 124 cm³/mol. The maximum atomic E-state index is 10.3. The van der Waals surface area contributed by atoms with Crippen molar-refractivity contribution in [3.05, 3.63) is 0 Å². The van der Waals surface area contributed by atoms with Crippen molar-refractivity contribution in [2.24, 2.45) is 11.5 Å². The van der Waals surface area contributed by atoms with Crippen LogP contribution in [0.4, 0.5) is 0 Å². The molecule has 7 N–H and O–H groups in total. The molecule has 0 fully saturated rings. The summed E-state index contributed by atoms with van der Waals surface area (Å²) in [4.78, 5) is 29.3. The molecule has 0 saturated carbocycles. The average molecular weight is 453 g/mol. The number of unbranched alkanes of at least 4 members (excludes halogenated alkanes) is 12. The van der Waals surface area contributed by atoms with Crippen LogP contribution < -0.4 is 11.5 Å². The molecule has 0 radical (unpaired) electrons. The molecule has 1 unspecified atom stereocenters. The van der Waals surface area contributed by atoms with Gasteiger partial charge in [-0.2, -0.15) is 12.6 Å². The Hall–Kier alpha value is -1.32. The Bertz CT molecular complexity index is 411. The van der Waals surface area contributed by atoms with Gasteiger partial charge < -0.3 is 26.8 Å². The molecule has 0 aromatic rings. The minimum Gasteiger partial charge on any atom is -0.481 e. The van der Waals surface area contributed by atoms with E-state index in [1.54, 1.807) is 0 Å². The Kier molecular flexibility index (Phi) is 30.7. The summed E-state index contributed by atoms with van der Waals surface area (Å²) in [6, 6.07) is -0.816. The maximum Gasteiger partial charge on any atom is 0.321 e. The third kappa shape index (κ3) is 37.4. The average Bonchev–Trinajstić information content (AvgIpc) is 2.71. The molecular weight excluding hydrogens is 408 g/mol. The Morgan fingerprint density at radius 3 is 1.27 bits per heavy atom. The van der Waals surface area contributed by atoms with Crippen molar-refractivity contribution in [1.29, 1.82) is 0 Å². The summed E-state index contributed by atoms with van der Waals surface area (Å²) in [6.45, 7) is 1.98. The van der Waals surface area contributed by atoms with Crippen molar-refractivity contribution in [3.63, 3.8) is 0 Å². The predicted octanol–water partition coefficient (Wildman–Crippen LogP) is 3.91. The van der Waals surface area contributed by atoms with Crippen LogP contribution in [-0.4, -0.2) is 51.6 Å². The molecule has 0 aliphatic heterocycles. The van der Waals surface area contributed by atoms with E-state index in [2.05, 4.69) is 25.3 Å². The zero-order valence-corrected chi connectivity index (χ0v) is 19.5. The van der Waals surface area contributed by atoms with Crippen LogP contribution >= 0.6 is 12.6 Å². The first kappa shape index (κ1) is 33.3. The second-order valence-corrected chi connectivity index (χ2v) is 7.48. The quantitative estimate of drug-likeness (QED) is 0.143. The zero-order valence-electron chi connectivity index (χ0n) is 18.6. The highest BCUT2D eigenvalue weighted by molar-refractivity contribution is 7.80. The molecule has 0 heterocycles. The molecule has 180 valence electrons. The fraction of sp³-hybridized carbons (Fsp3) is 0.857. The van der Waals surface area contributed by atoms with E-state index in [0.29, 0.717) is 6.42 Å². The number of nitrogens with two attached hydrogens (primary N) is 2. The summed E-state index contributed by atoms with van der Waals surface area (Å²) < 4.78 is 0. The topological polar surface area (TPSA) is 164 Å². The molecule has 0 spiro atoms. The van der Waals surface area contributed by atoms with Crippen LogP contribution in [0.2, 0.25) is 0 Å². The lowest BCUT2D eigenvalue weighted by Gasteiger charge is -2.02. The molecule has 0 aromatic heterocycles. The largest absolute Gasteiger partial charge is 0.481 e. The van der Waals surface area contributed by atoms with E-state index in [4.69, 9.17) is 21.1 Å². The van der Waals surface area contributed by atoms with E-state index < -0.39 is 23.9 Å². The molecule has 9 heteroatoms. The van der Waals surface area contributed by atoms with Gasteiger partial charge in [-0.25, -0.2) is 0 Å². The molecule has 0 saturated heterocycles. The van der Waals surface area contributed by atoms with Gasteiger partial charge in [0.15, 0.2) is 0 Å². The van der Waals surface area contributed by atoms with Crippen LogP contribution in [0, 0.1) is 0 Å². The molecule has 0 amide bonds. The minimum absolute atomic E-state index is 0.190. The number of rotatable bonds is 17. The van der Waals surface area contributed by atoms with Crippen LogP contribution in [0.1, 0.15) is 96.8 Å². The molecule has 0 aliphatic carbocycles. The lowest BCUT2D eigenvalue weighted by Crippen LogP contribution is -2.31. The number of carboxylic acids is 3. The summed E-state index contributed by atoms with van der Waals surface area (Å²) in [6.07, 6.45) is 17.3. The molecule has 0 aliphatic rings. The van der Waals surface area contributed by atoms with Crippen LogP contribution in [0.5, 0.6) is 0 Å². The summed E-state index contributed by atoms with van der Waals surface area (Å²) in [7, 11) is 0. The summed E-state index contributed by atoms with van der Waals surface area (Å²) in [5.41, 5.74) is 9.51. The van der Waals surface area contributed by atoms with Gasteiger partial charge >= 0.3 is 17.9 Å². The van der Waals surface area contributed by atoms with Gasteiger partial charge in [-0.3, -0.25) is 14.4 Å². The van der Waals surface area contributed by atoms with Gasteiger partial charge in [0.2, 0.25) is 0 Å². The minimum atomic E-state index is -1.00. The van der Waals surface area contributed by atoms with Crippen LogP contribution in [0.25, 0.3) is 0 Å². The van der Waals surface area contributed by atoms with Crippen molar-refractivity contribution >= 4 is 30.5 Å². The van der Waals surface area contributed by atoms with Gasteiger partial charge in [0.1, 0.15) is 6.04 Å². The molecule has 1 atom stereocenters. The standard InChI is InChI=1S/C16H32O2.C3H7NO2S.C2H5NO2/c1-2-3-4-5-6-7-8-9-10-11-12-13-14-15-16(17)18;4-2(1-7)3(5)6;3-1-2(4)5/h2-15H2,1H3,(H,17,18);2,7H,1,4H2,(H,5,6);1,3H2,(H,4,5). The number of thiol groups is 1. The SMILES string of the molecule is CCCCCCCCCCCCCCCC(=O)O.NC(CS)C(=O)O.NCC(=O)O. The Labute approximate surface area is 187 Å². The molecule has 0 bridgehead atoms. The summed E-state index contributed by atoms with van der Waals surface area (Å²) in [5.74, 6) is -2.44.